The number of aromatic nitrogens is 1. The molecule has 0 atom stereocenters. The molecule has 0 saturated heterocycles. The second kappa shape index (κ2) is 6.78. The number of ketones is 1. The molecule has 26 heavy (non-hydrogen) atoms. The molecule has 1 heterocycles. The number of nitrogens with one attached hydrogen (secondary N) is 1. The summed E-state index contributed by atoms with van der Waals surface area (Å²) in [5, 5.41) is 0. The number of ether oxygens (including phenoxy) is 2. The van der Waals surface area contributed by atoms with Gasteiger partial charge in [0, 0.05) is 5.69 Å². The summed E-state index contributed by atoms with van der Waals surface area (Å²) in [6.07, 6.45) is 1.44. The maximum absolute atomic E-state index is 12.5. The van der Waals surface area contributed by atoms with E-state index < -0.39 is 11.4 Å². The zero-order chi connectivity index (χ0) is 18.9. The van der Waals surface area contributed by atoms with Crippen LogP contribution in [0, 0.1) is 13.8 Å². The average molecular weight is 355 g/mol. The molecule has 1 fully saturated rings. The highest BCUT2D eigenvalue weighted by atomic mass is 16.5. The maximum Gasteiger partial charge on any atom is 0.339 e. The number of benzene rings is 1. The van der Waals surface area contributed by atoms with Crippen molar-refractivity contribution in [3.8, 4) is 0 Å². The number of Topliss-reactive ketones (excluding diaryl/α,β-unsaturated/α-hetero) is 1. The third-order valence-electron chi connectivity index (χ3n) is 4.91. The number of rotatable bonds is 6. The van der Waals surface area contributed by atoms with Crippen LogP contribution >= 0.6 is 0 Å². The molecule has 3 rings (SSSR count). The first kappa shape index (κ1) is 17.9. The Morgan fingerprint density at radius 3 is 2.35 bits per heavy atom. The Morgan fingerprint density at radius 2 is 1.77 bits per heavy atom. The van der Waals surface area contributed by atoms with Crippen molar-refractivity contribution in [1.29, 1.82) is 0 Å². The van der Waals surface area contributed by atoms with Gasteiger partial charge in [-0.1, -0.05) is 30.3 Å². The highest BCUT2D eigenvalue weighted by molar-refractivity contribution is 6.02. The number of methoxy groups -OCH3 is 1. The lowest BCUT2D eigenvalue weighted by molar-refractivity contribution is -0.145. The van der Waals surface area contributed by atoms with Crippen LogP contribution in [0.1, 0.15) is 50.5 Å². The van der Waals surface area contributed by atoms with Crippen molar-refractivity contribution in [2.24, 2.45) is 0 Å². The molecule has 1 aliphatic carbocycles. The van der Waals surface area contributed by atoms with Gasteiger partial charge in [-0.15, -0.1) is 0 Å². The van der Waals surface area contributed by atoms with Gasteiger partial charge in [-0.05, 0) is 37.8 Å². The number of carbonyl (C=O) groups is 3. The number of aromatic amines is 1. The van der Waals surface area contributed by atoms with Crippen molar-refractivity contribution in [2.45, 2.75) is 32.1 Å². The van der Waals surface area contributed by atoms with Crippen molar-refractivity contribution in [3.05, 3.63) is 58.4 Å². The van der Waals surface area contributed by atoms with Crippen LogP contribution in [0.25, 0.3) is 0 Å². The summed E-state index contributed by atoms with van der Waals surface area (Å²) in [6.45, 7) is 2.99. The number of H-pyrrole nitrogens is 1. The van der Waals surface area contributed by atoms with E-state index in [1.54, 1.807) is 13.8 Å². The van der Waals surface area contributed by atoms with Crippen molar-refractivity contribution in [1.82, 2.24) is 4.98 Å². The van der Waals surface area contributed by atoms with Crippen molar-refractivity contribution < 1.29 is 23.9 Å². The fraction of sp³-hybridized carbons (Fsp3) is 0.350. The lowest BCUT2D eigenvalue weighted by Crippen LogP contribution is -2.26. The summed E-state index contributed by atoms with van der Waals surface area (Å²) < 4.78 is 10.0. The normalized spacial score (nSPS) is 14.6. The number of hydrogen-bond donors (Lipinski definition) is 1. The van der Waals surface area contributed by atoms with E-state index in [0.717, 1.165) is 18.4 Å². The van der Waals surface area contributed by atoms with E-state index in [2.05, 4.69) is 4.98 Å². The van der Waals surface area contributed by atoms with Gasteiger partial charge in [0.05, 0.1) is 23.8 Å². The van der Waals surface area contributed by atoms with Crippen LogP contribution in [-0.4, -0.2) is 36.4 Å². The summed E-state index contributed by atoms with van der Waals surface area (Å²) in [6, 6.07) is 9.46. The van der Waals surface area contributed by atoms with Gasteiger partial charge in [-0.3, -0.25) is 9.59 Å². The molecule has 0 aliphatic heterocycles. The van der Waals surface area contributed by atoms with E-state index >= 15 is 0 Å². The average Bonchev–Trinajstić information content (AvgIpc) is 3.41. The summed E-state index contributed by atoms with van der Waals surface area (Å²) in [5.41, 5.74) is 1.94. The summed E-state index contributed by atoms with van der Waals surface area (Å²) in [4.78, 5) is 39.7. The molecule has 0 radical (unpaired) electrons. The SMILES string of the molecule is COC(=O)c1c(C)[nH]c(C(=O)COC(=O)C2(c3ccccc3)CC2)c1C. The maximum atomic E-state index is 12.5. The molecule has 6 heteroatoms. The zero-order valence-corrected chi connectivity index (χ0v) is 15.0. The van der Waals surface area contributed by atoms with Crippen molar-refractivity contribution in [3.63, 3.8) is 0 Å². The molecule has 1 aromatic carbocycles. The van der Waals surface area contributed by atoms with Gasteiger partial charge in [-0.2, -0.15) is 0 Å². The lowest BCUT2D eigenvalue weighted by Gasteiger charge is -2.14. The standard InChI is InChI=1S/C20H21NO5/c1-12-16(18(23)25-3)13(2)21-17(12)15(22)11-26-19(24)20(9-10-20)14-7-5-4-6-8-14/h4-8,21H,9-11H2,1-3H3. The van der Waals surface area contributed by atoms with Crippen LogP contribution in [0.4, 0.5) is 0 Å². The first-order valence-electron chi connectivity index (χ1n) is 8.44. The third kappa shape index (κ3) is 3.03. The van der Waals surface area contributed by atoms with Gasteiger partial charge in [0.25, 0.3) is 0 Å². The Kier molecular flexibility index (Phi) is 4.68. The zero-order valence-electron chi connectivity index (χ0n) is 15.0. The number of aryl methyl sites for hydroxylation is 1. The molecule has 0 amide bonds. The second-order valence-electron chi connectivity index (χ2n) is 6.56. The molecule has 0 spiro atoms. The number of carbonyl (C=O) groups excluding carboxylic acids is 3. The van der Waals surface area contributed by atoms with E-state index in [4.69, 9.17) is 9.47 Å². The second-order valence-corrected chi connectivity index (χ2v) is 6.56. The number of hydrogen-bond acceptors (Lipinski definition) is 5. The van der Waals surface area contributed by atoms with Crippen molar-refractivity contribution >= 4 is 17.7 Å². The minimum absolute atomic E-state index is 0.264. The fourth-order valence-corrected chi connectivity index (χ4v) is 3.27. The predicted octanol–water partition coefficient (Wildman–Crippen LogP) is 2.88. The predicted molar refractivity (Wildman–Crippen MR) is 94.2 cm³/mol. The molecule has 136 valence electrons. The minimum atomic E-state index is -0.626. The minimum Gasteiger partial charge on any atom is -0.465 e. The highest BCUT2D eigenvalue weighted by Gasteiger charge is 2.52. The molecule has 1 N–H and O–H groups in total. The molecule has 1 aliphatic rings. The van der Waals surface area contributed by atoms with E-state index in [1.165, 1.54) is 7.11 Å². The fourth-order valence-electron chi connectivity index (χ4n) is 3.27. The third-order valence-corrected chi connectivity index (χ3v) is 4.91. The summed E-state index contributed by atoms with van der Waals surface area (Å²) in [7, 11) is 1.29. The molecule has 1 aromatic heterocycles. The number of esters is 2. The Hall–Kier alpha value is -2.89. The van der Waals surface area contributed by atoms with E-state index in [1.807, 2.05) is 30.3 Å². The summed E-state index contributed by atoms with van der Waals surface area (Å²) >= 11 is 0. The molecule has 1 saturated carbocycles. The van der Waals surface area contributed by atoms with Crippen LogP contribution in [-0.2, 0) is 19.7 Å². The quantitative estimate of drug-likeness (QED) is 0.636. The van der Waals surface area contributed by atoms with Gasteiger partial charge in [0.15, 0.2) is 6.61 Å². The van der Waals surface area contributed by atoms with Crippen LogP contribution in [0.2, 0.25) is 0 Å². The Labute approximate surface area is 151 Å². The van der Waals surface area contributed by atoms with E-state index in [-0.39, 0.29) is 24.1 Å². The molecule has 6 nitrogen and oxygen atoms in total. The molecular weight excluding hydrogens is 334 g/mol. The lowest BCUT2D eigenvalue weighted by atomic mass is 9.96. The molecule has 0 unspecified atom stereocenters. The Morgan fingerprint density at radius 1 is 1.12 bits per heavy atom. The van der Waals surface area contributed by atoms with E-state index in [9.17, 15) is 14.4 Å². The highest BCUT2D eigenvalue weighted by Crippen LogP contribution is 2.49. The first-order chi connectivity index (χ1) is 12.4. The first-order valence-corrected chi connectivity index (χ1v) is 8.44. The van der Waals surface area contributed by atoms with Gasteiger partial charge < -0.3 is 14.5 Å². The summed E-state index contributed by atoms with van der Waals surface area (Å²) in [5.74, 6) is -1.27. The largest absolute Gasteiger partial charge is 0.465 e. The van der Waals surface area contributed by atoms with E-state index in [0.29, 0.717) is 16.8 Å². The van der Waals surface area contributed by atoms with Crippen LogP contribution in [0.15, 0.2) is 30.3 Å². The Balaban J connectivity index is 1.70. The van der Waals surface area contributed by atoms with Gasteiger partial charge >= 0.3 is 11.9 Å². The molecule has 2 aromatic rings. The molecular formula is C20H21NO5. The Bertz CT molecular complexity index is 862. The van der Waals surface area contributed by atoms with Crippen LogP contribution < -0.4 is 0 Å². The van der Waals surface area contributed by atoms with Crippen LogP contribution in [0.3, 0.4) is 0 Å². The van der Waals surface area contributed by atoms with Crippen LogP contribution in [0.5, 0.6) is 0 Å². The molecule has 0 bridgehead atoms. The van der Waals surface area contributed by atoms with Gasteiger partial charge in [0.1, 0.15) is 0 Å². The topological polar surface area (TPSA) is 85.5 Å². The van der Waals surface area contributed by atoms with Gasteiger partial charge in [-0.25, -0.2) is 4.79 Å². The van der Waals surface area contributed by atoms with Crippen molar-refractivity contribution in [2.75, 3.05) is 13.7 Å². The van der Waals surface area contributed by atoms with Gasteiger partial charge in [0.2, 0.25) is 5.78 Å². The monoisotopic (exact) mass is 355 g/mol. The smallest absolute Gasteiger partial charge is 0.339 e.